The minimum Gasteiger partial charge on any atom is -0.494 e. The van der Waals surface area contributed by atoms with Gasteiger partial charge in [-0.1, -0.05) is 51.3 Å². The van der Waals surface area contributed by atoms with Gasteiger partial charge in [-0.3, -0.25) is 4.98 Å². The van der Waals surface area contributed by atoms with Gasteiger partial charge in [-0.15, -0.1) is 0 Å². The zero-order valence-corrected chi connectivity index (χ0v) is 14.6. The quantitative estimate of drug-likeness (QED) is 0.549. The molecule has 23 heavy (non-hydrogen) atoms. The molecule has 0 amide bonds. The third-order valence-electron chi connectivity index (χ3n) is 4.03. The van der Waals surface area contributed by atoms with E-state index in [1.165, 1.54) is 36.1 Å². The molecule has 0 saturated heterocycles. The lowest BCUT2D eigenvalue weighted by Gasteiger charge is -2.07. The summed E-state index contributed by atoms with van der Waals surface area (Å²) >= 11 is 0. The maximum absolute atomic E-state index is 5.75. The Balaban J connectivity index is 1.77. The minimum absolute atomic E-state index is 0.821. The van der Waals surface area contributed by atoms with Crippen LogP contribution >= 0.6 is 0 Å². The van der Waals surface area contributed by atoms with Crippen molar-refractivity contribution in [3.8, 4) is 5.75 Å². The first-order valence-electron chi connectivity index (χ1n) is 8.97. The molecule has 0 saturated carbocycles. The fourth-order valence-corrected chi connectivity index (χ4v) is 2.61. The Bertz CT molecular complexity index is 545. The molecule has 0 unspecified atom stereocenters. The van der Waals surface area contributed by atoms with Crippen LogP contribution in [-0.4, -0.2) is 11.6 Å². The van der Waals surface area contributed by atoms with Crippen molar-refractivity contribution in [2.75, 3.05) is 6.61 Å². The van der Waals surface area contributed by atoms with E-state index in [-0.39, 0.29) is 0 Å². The molecule has 1 aromatic carbocycles. The number of ether oxygens (including phenoxy) is 1. The van der Waals surface area contributed by atoms with Crippen molar-refractivity contribution in [1.29, 1.82) is 0 Å². The summed E-state index contributed by atoms with van der Waals surface area (Å²) in [5.74, 6) is 0.979. The number of aryl methyl sites for hydroxylation is 3. The third-order valence-corrected chi connectivity index (χ3v) is 4.03. The summed E-state index contributed by atoms with van der Waals surface area (Å²) in [5, 5.41) is 0. The molecule has 2 heteroatoms. The van der Waals surface area contributed by atoms with E-state index in [1.54, 1.807) is 0 Å². The van der Waals surface area contributed by atoms with Gasteiger partial charge in [0, 0.05) is 11.9 Å². The van der Waals surface area contributed by atoms with Crippen molar-refractivity contribution in [3.05, 3.63) is 59.4 Å². The average Bonchev–Trinajstić information content (AvgIpc) is 2.59. The van der Waals surface area contributed by atoms with Gasteiger partial charge in [-0.25, -0.2) is 0 Å². The third kappa shape index (κ3) is 6.43. The highest BCUT2D eigenvalue weighted by molar-refractivity contribution is 5.28. The summed E-state index contributed by atoms with van der Waals surface area (Å²) in [6.45, 7) is 5.23. The van der Waals surface area contributed by atoms with Gasteiger partial charge in [0.1, 0.15) is 5.75 Å². The van der Waals surface area contributed by atoms with Gasteiger partial charge in [0.25, 0.3) is 0 Å². The molecule has 2 nitrogen and oxygen atoms in total. The van der Waals surface area contributed by atoms with Crippen LogP contribution in [0.1, 0.15) is 56.4 Å². The Morgan fingerprint density at radius 3 is 2.22 bits per heavy atom. The van der Waals surface area contributed by atoms with E-state index in [1.807, 2.05) is 6.20 Å². The standard InChI is InChI=1S/C21H29NO/c1-3-5-6-16-23-21-14-10-18(11-15-21)8-12-20-13-9-19(7-4-2)17-22-20/h9-11,13-15,17H,3-8,12,16H2,1-2H3. The van der Waals surface area contributed by atoms with Crippen molar-refractivity contribution in [2.45, 2.75) is 58.8 Å². The Labute approximate surface area is 140 Å². The van der Waals surface area contributed by atoms with Crippen molar-refractivity contribution in [1.82, 2.24) is 4.98 Å². The van der Waals surface area contributed by atoms with E-state index in [0.717, 1.165) is 38.0 Å². The fourth-order valence-electron chi connectivity index (χ4n) is 2.61. The summed E-state index contributed by atoms with van der Waals surface area (Å²) in [6, 6.07) is 12.9. The first-order chi connectivity index (χ1) is 11.3. The average molecular weight is 311 g/mol. The lowest BCUT2D eigenvalue weighted by Crippen LogP contribution is -1.98. The molecule has 0 N–H and O–H groups in total. The van der Waals surface area contributed by atoms with Crippen LogP contribution in [0.2, 0.25) is 0 Å². The molecule has 0 radical (unpaired) electrons. The van der Waals surface area contributed by atoms with E-state index >= 15 is 0 Å². The zero-order chi connectivity index (χ0) is 16.3. The first kappa shape index (κ1) is 17.5. The summed E-state index contributed by atoms with van der Waals surface area (Å²) in [4.78, 5) is 4.56. The molecule has 0 atom stereocenters. The van der Waals surface area contributed by atoms with Crippen molar-refractivity contribution in [2.24, 2.45) is 0 Å². The summed E-state index contributed by atoms with van der Waals surface area (Å²) in [5.41, 5.74) is 3.84. The molecule has 0 spiro atoms. The number of unbranched alkanes of at least 4 members (excludes halogenated alkanes) is 2. The molecule has 2 aromatic rings. The molecule has 0 fully saturated rings. The fraction of sp³-hybridized carbons (Fsp3) is 0.476. The maximum Gasteiger partial charge on any atom is 0.119 e. The van der Waals surface area contributed by atoms with E-state index in [0.29, 0.717) is 0 Å². The van der Waals surface area contributed by atoms with Crippen LogP contribution in [0.25, 0.3) is 0 Å². The van der Waals surface area contributed by atoms with Crippen LogP contribution in [0.5, 0.6) is 5.75 Å². The second kappa shape index (κ2) is 10.0. The highest BCUT2D eigenvalue weighted by Crippen LogP contribution is 2.14. The zero-order valence-electron chi connectivity index (χ0n) is 14.6. The number of rotatable bonds is 10. The lowest BCUT2D eigenvalue weighted by atomic mass is 10.1. The molecule has 2 rings (SSSR count). The van der Waals surface area contributed by atoms with Gasteiger partial charge < -0.3 is 4.74 Å². The molecule has 0 bridgehead atoms. The highest BCUT2D eigenvalue weighted by atomic mass is 16.5. The maximum atomic E-state index is 5.75. The Morgan fingerprint density at radius 2 is 1.57 bits per heavy atom. The normalized spacial score (nSPS) is 10.7. The topological polar surface area (TPSA) is 22.1 Å². The second-order valence-corrected chi connectivity index (χ2v) is 6.11. The first-order valence-corrected chi connectivity index (χ1v) is 8.97. The number of benzene rings is 1. The van der Waals surface area contributed by atoms with Crippen LogP contribution in [0.4, 0.5) is 0 Å². The Morgan fingerprint density at radius 1 is 0.783 bits per heavy atom. The summed E-state index contributed by atoms with van der Waals surface area (Å²) in [7, 11) is 0. The molecule has 1 aromatic heterocycles. The van der Waals surface area contributed by atoms with E-state index in [9.17, 15) is 0 Å². The summed E-state index contributed by atoms with van der Waals surface area (Å²) in [6.07, 6.45) is 9.93. The van der Waals surface area contributed by atoms with Crippen LogP contribution < -0.4 is 4.74 Å². The molecule has 0 aliphatic heterocycles. The van der Waals surface area contributed by atoms with Gasteiger partial charge in [0.2, 0.25) is 0 Å². The van der Waals surface area contributed by atoms with Gasteiger partial charge in [-0.05, 0) is 55.0 Å². The predicted octanol–water partition coefficient (Wildman–Crippen LogP) is 5.39. The highest BCUT2D eigenvalue weighted by Gasteiger charge is 2.00. The van der Waals surface area contributed by atoms with E-state index < -0.39 is 0 Å². The largest absolute Gasteiger partial charge is 0.494 e. The SMILES string of the molecule is CCCCCOc1ccc(CCc2ccc(CCC)cn2)cc1. The molecule has 124 valence electrons. The lowest BCUT2D eigenvalue weighted by molar-refractivity contribution is 0.306. The molecule has 1 heterocycles. The van der Waals surface area contributed by atoms with E-state index in [4.69, 9.17) is 4.74 Å². The Hall–Kier alpha value is -1.83. The molecular formula is C21H29NO. The van der Waals surface area contributed by atoms with Crippen molar-refractivity contribution in [3.63, 3.8) is 0 Å². The number of pyridine rings is 1. The second-order valence-electron chi connectivity index (χ2n) is 6.11. The van der Waals surface area contributed by atoms with Crippen LogP contribution in [-0.2, 0) is 19.3 Å². The van der Waals surface area contributed by atoms with E-state index in [2.05, 4.69) is 55.2 Å². The monoisotopic (exact) mass is 311 g/mol. The molecule has 0 aliphatic rings. The Kier molecular flexibility index (Phi) is 7.65. The van der Waals surface area contributed by atoms with Crippen molar-refractivity contribution < 1.29 is 4.74 Å². The molecule has 0 aliphatic carbocycles. The number of aromatic nitrogens is 1. The van der Waals surface area contributed by atoms with Crippen LogP contribution in [0, 0.1) is 0 Å². The van der Waals surface area contributed by atoms with Gasteiger partial charge in [-0.2, -0.15) is 0 Å². The molecular weight excluding hydrogens is 282 g/mol. The van der Waals surface area contributed by atoms with Gasteiger partial charge in [0.15, 0.2) is 0 Å². The van der Waals surface area contributed by atoms with Crippen LogP contribution in [0.15, 0.2) is 42.6 Å². The number of hydrogen-bond donors (Lipinski definition) is 0. The van der Waals surface area contributed by atoms with Gasteiger partial charge >= 0.3 is 0 Å². The number of nitrogens with zero attached hydrogens (tertiary/aromatic N) is 1. The van der Waals surface area contributed by atoms with Gasteiger partial charge in [0.05, 0.1) is 6.61 Å². The minimum atomic E-state index is 0.821. The van der Waals surface area contributed by atoms with Crippen LogP contribution in [0.3, 0.4) is 0 Å². The summed E-state index contributed by atoms with van der Waals surface area (Å²) < 4.78 is 5.75. The predicted molar refractivity (Wildman–Crippen MR) is 97.1 cm³/mol. The smallest absolute Gasteiger partial charge is 0.119 e. The van der Waals surface area contributed by atoms with Crippen molar-refractivity contribution >= 4 is 0 Å². The number of hydrogen-bond acceptors (Lipinski definition) is 2.